The minimum atomic E-state index is -3.37. The molecule has 2 aromatic rings. The van der Waals surface area contributed by atoms with Crippen molar-refractivity contribution in [3.63, 3.8) is 0 Å². The molecule has 0 radical (unpaired) electrons. The number of sulfonamides is 1. The molecule has 2 aromatic carbocycles. The lowest BCUT2D eigenvalue weighted by atomic mass is 9.77. The van der Waals surface area contributed by atoms with E-state index in [0.717, 1.165) is 22.5 Å². The molecule has 8 nitrogen and oxygen atoms in total. The maximum atomic E-state index is 15.2. The number of allylic oxidation sites excluding steroid dienone is 1. The monoisotopic (exact) mass is 611 g/mol. The van der Waals surface area contributed by atoms with Crippen molar-refractivity contribution in [2.45, 2.75) is 52.8 Å². The van der Waals surface area contributed by atoms with E-state index in [-0.39, 0.29) is 57.0 Å². The van der Waals surface area contributed by atoms with Crippen molar-refractivity contribution in [1.82, 2.24) is 14.1 Å². The average Bonchev–Trinajstić information content (AvgIpc) is 3.39. The Morgan fingerprint density at radius 3 is 2.21 bits per heavy atom. The number of amides is 2. The Hall–Kier alpha value is -3.08. The van der Waals surface area contributed by atoms with Gasteiger partial charge in [0.1, 0.15) is 6.17 Å². The highest BCUT2D eigenvalue weighted by Gasteiger charge is 2.44. The average molecular weight is 612 g/mol. The van der Waals surface area contributed by atoms with Gasteiger partial charge in [0.05, 0.1) is 24.0 Å². The van der Waals surface area contributed by atoms with Crippen LogP contribution in [0.2, 0.25) is 0 Å². The van der Waals surface area contributed by atoms with Crippen molar-refractivity contribution in [2.75, 3.05) is 45.0 Å². The number of carbonyl (C=O) groups is 1. The quantitative estimate of drug-likeness (QED) is 0.394. The normalized spacial score (nSPS) is 19.5. The van der Waals surface area contributed by atoms with Crippen molar-refractivity contribution < 1.29 is 17.6 Å². The molecule has 0 spiro atoms. The summed E-state index contributed by atoms with van der Waals surface area (Å²) >= 11 is 0. The lowest BCUT2D eigenvalue weighted by molar-refractivity contribution is 0.0892. The number of hydrogen-bond acceptors (Lipinski definition) is 5. The van der Waals surface area contributed by atoms with Gasteiger partial charge in [-0.2, -0.15) is 4.31 Å². The molecule has 2 heterocycles. The molecule has 0 aliphatic carbocycles. The molecule has 2 N–H and O–H groups in total. The third kappa shape index (κ3) is 8.10. The molecule has 10 heteroatoms. The minimum absolute atomic E-state index is 0.0819. The van der Waals surface area contributed by atoms with Crippen LogP contribution in [0.3, 0.4) is 0 Å². The first-order valence-electron chi connectivity index (χ1n) is 15.2. The van der Waals surface area contributed by atoms with Gasteiger partial charge < -0.3 is 15.5 Å². The molecule has 234 valence electrons. The van der Waals surface area contributed by atoms with E-state index in [2.05, 4.69) is 18.2 Å². The Bertz CT molecular complexity index is 1380. The van der Waals surface area contributed by atoms with Crippen LogP contribution in [0.4, 0.5) is 9.18 Å². The number of nitrogens with two attached hydrogens (primary N) is 1. The minimum Gasteiger partial charge on any atom is -0.328 e. The number of nitrogens with zero attached hydrogens (tertiary/aromatic N) is 4. The van der Waals surface area contributed by atoms with Crippen LogP contribution in [0, 0.1) is 11.3 Å². The van der Waals surface area contributed by atoms with E-state index in [9.17, 15) is 13.2 Å². The Morgan fingerprint density at radius 2 is 1.65 bits per heavy atom. The predicted octanol–water partition coefficient (Wildman–Crippen LogP) is 4.83. The van der Waals surface area contributed by atoms with Gasteiger partial charge in [0.15, 0.2) is 0 Å². The van der Waals surface area contributed by atoms with Gasteiger partial charge in [-0.1, -0.05) is 88.4 Å². The highest BCUT2D eigenvalue weighted by molar-refractivity contribution is 7.89. The van der Waals surface area contributed by atoms with E-state index in [1.807, 2.05) is 76.2 Å². The number of carbonyl (C=O) groups excluding carboxylic acids is 1. The van der Waals surface area contributed by atoms with Gasteiger partial charge in [-0.3, -0.25) is 4.99 Å². The van der Waals surface area contributed by atoms with Crippen molar-refractivity contribution in [1.29, 1.82) is 0 Å². The fraction of sp³-hybridized carbons (Fsp3) is 0.515. The van der Waals surface area contributed by atoms with E-state index >= 15 is 4.39 Å². The zero-order chi connectivity index (χ0) is 31.2. The molecule has 2 aliphatic rings. The highest BCUT2D eigenvalue weighted by atomic mass is 32.2. The molecular formula is C33H46FN5O3S. The number of piperazine rings is 1. The van der Waals surface area contributed by atoms with Crippen LogP contribution in [0.25, 0.3) is 5.70 Å². The smallest absolute Gasteiger partial charge is 0.320 e. The molecule has 0 bridgehead atoms. The maximum absolute atomic E-state index is 15.2. The summed E-state index contributed by atoms with van der Waals surface area (Å²) in [5.74, 6) is -0.0254. The Kier molecular flexibility index (Phi) is 10.8. The molecule has 2 amide bonds. The number of hydrogen-bond donors (Lipinski definition) is 1. The summed E-state index contributed by atoms with van der Waals surface area (Å²) in [6, 6.07) is 19.3. The van der Waals surface area contributed by atoms with Gasteiger partial charge in [-0.15, -0.1) is 0 Å². The van der Waals surface area contributed by atoms with E-state index in [1.54, 1.807) is 9.80 Å². The number of rotatable bonds is 11. The topological polar surface area (TPSA) is 99.3 Å². The van der Waals surface area contributed by atoms with Gasteiger partial charge in [-0.05, 0) is 35.5 Å². The van der Waals surface area contributed by atoms with Gasteiger partial charge >= 0.3 is 6.03 Å². The summed E-state index contributed by atoms with van der Waals surface area (Å²) in [7, 11) is -3.37. The maximum Gasteiger partial charge on any atom is 0.320 e. The first kappa shape index (κ1) is 32.8. The SMILES string of the molecule is CCCS(=O)(=O)N1CCN(C(=O)N(C[C@@H](F)CN)[C@@H](C2=NC(c3ccccc3)=CC2Cc2ccccc2)C(C)(C)C)CC1. The summed E-state index contributed by atoms with van der Waals surface area (Å²) in [6.07, 6.45) is 1.96. The second-order valence-corrected chi connectivity index (χ2v) is 14.6. The molecule has 1 saturated heterocycles. The largest absolute Gasteiger partial charge is 0.328 e. The van der Waals surface area contributed by atoms with Gasteiger partial charge in [-0.25, -0.2) is 17.6 Å². The Labute approximate surface area is 256 Å². The second kappa shape index (κ2) is 14.1. The van der Waals surface area contributed by atoms with Gasteiger partial charge in [0, 0.05) is 44.4 Å². The highest BCUT2D eigenvalue weighted by Crippen LogP contribution is 2.37. The fourth-order valence-electron chi connectivity index (χ4n) is 5.98. The van der Waals surface area contributed by atoms with Crippen LogP contribution < -0.4 is 5.73 Å². The van der Waals surface area contributed by atoms with Crippen LogP contribution in [-0.2, 0) is 16.4 Å². The van der Waals surface area contributed by atoms with Crippen LogP contribution in [0.15, 0.2) is 71.7 Å². The second-order valence-electron chi connectivity index (χ2n) is 12.5. The van der Waals surface area contributed by atoms with E-state index < -0.39 is 27.7 Å². The van der Waals surface area contributed by atoms with Crippen LogP contribution in [-0.4, -0.2) is 91.5 Å². The summed E-state index contributed by atoms with van der Waals surface area (Å²) in [6.45, 7) is 8.50. The molecule has 1 fully saturated rings. The van der Waals surface area contributed by atoms with Crippen LogP contribution >= 0.6 is 0 Å². The van der Waals surface area contributed by atoms with Crippen molar-refractivity contribution >= 4 is 27.5 Å². The number of aliphatic imine (C=N–C) groups is 1. The lowest BCUT2D eigenvalue weighted by Gasteiger charge is -2.45. The van der Waals surface area contributed by atoms with Crippen molar-refractivity contribution in [3.8, 4) is 0 Å². The molecule has 0 aromatic heterocycles. The van der Waals surface area contributed by atoms with Gasteiger partial charge in [0.2, 0.25) is 10.0 Å². The number of benzene rings is 2. The zero-order valence-corrected chi connectivity index (χ0v) is 26.6. The molecule has 3 atom stereocenters. The van der Waals surface area contributed by atoms with Crippen molar-refractivity contribution in [3.05, 3.63) is 77.9 Å². The fourth-order valence-corrected chi connectivity index (χ4v) is 7.47. The Morgan fingerprint density at radius 1 is 1.05 bits per heavy atom. The van der Waals surface area contributed by atoms with Crippen molar-refractivity contribution in [2.24, 2.45) is 22.1 Å². The number of alkyl halides is 1. The molecule has 0 saturated carbocycles. The third-order valence-corrected chi connectivity index (χ3v) is 10.1. The van der Waals surface area contributed by atoms with Gasteiger partial charge in [0.25, 0.3) is 0 Å². The summed E-state index contributed by atoms with van der Waals surface area (Å²) < 4.78 is 41.9. The lowest BCUT2D eigenvalue weighted by Crippen LogP contribution is -2.61. The molecular weight excluding hydrogens is 565 g/mol. The summed E-state index contributed by atoms with van der Waals surface area (Å²) in [4.78, 5) is 22.7. The Balaban J connectivity index is 1.71. The molecule has 4 rings (SSSR count). The first-order valence-corrected chi connectivity index (χ1v) is 16.8. The van der Waals surface area contributed by atoms with Crippen LogP contribution in [0.1, 0.15) is 45.2 Å². The number of urea groups is 1. The summed E-state index contributed by atoms with van der Waals surface area (Å²) in [5, 5.41) is 0. The number of halogens is 1. The zero-order valence-electron chi connectivity index (χ0n) is 25.8. The van der Waals surface area contributed by atoms with E-state index in [1.165, 1.54) is 4.31 Å². The van der Waals surface area contributed by atoms with E-state index in [0.29, 0.717) is 12.8 Å². The molecule has 43 heavy (non-hydrogen) atoms. The first-order chi connectivity index (χ1) is 20.4. The summed E-state index contributed by atoms with van der Waals surface area (Å²) in [5.41, 5.74) is 9.03. The van der Waals surface area contributed by atoms with Crippen LogP contribution in [0.5, 0.6) is 0 Å². The molecule has 2 aliphatic heterocycles. The standard InChI is InChI=1S/C33H46FN5O3S/c1-5-20-43(41,42)38-18-16-37(17-19-38)32(40)39(24-28(34)23-35)31(33(2,3)4)30-27(21-25-12-8-6-9-13-25)22-29(36-30)26-14-10-7-11-15-26/h6-15,22,27-28,31H,5,16-21,23-24,35H2,1-4H3/t27?,28-,31-/m0/s1. The predicted molar refractivity (Wildman–Crippen MR) is 172 cm³/mol. The molecule has 1 unspecified atom stereocenters. The third-order valence-electron chi connectivity index (χ3n) is 8.03. The van der Waals surface area contributed by atoms with E-state index in [4.69, 9.17) is 10.7 Å².